The van der Waals surface area contributed by atoms with Crippen molar-refractivity contribution in [3.8, 4) is 0 Å². The van der Waals surface area contributed by atoms with Crippen LogP contribution in [0.4, 0.5) is 5.82 Å². The summed E-state index contributed by atoms with van der Waals surface area (Å²) in [5.41, 5.74) is 5.95. The lowest BCUT2D eigenvalue weighted by atomic mass is 9.89. The molecule has 0 aliphatic carbocycles. The third-order valence-corrected chi connectivity index (χ3v) is 4.72. The molecule has 112 valence electrons. The third kappa shape index (κ3) is 2.68. The van der Waals surface area contributed by atoms with E-state index in [1.165, 1.54) is 12.8 Å². The summed E-state index contributed by atoms with van der Waals surface area (Å²) in [7, 11) is 0. The average Bonchev–Trinajstić information content (AvgIpc) is 2.54. The minimum atomic E-state index is -0.0171. The Balaban J connectivity index is 1.98. The van der Waals surface area contributed by atoms with Crippen LogP contribution in [-0.2, 0) is 0 Å². The number of rotatable bonds is 3. The fourth-order valence-corrected chi connectivity index (χ4v) is 3.40. The molecule has 2 atom stereocenters. The third-order valence-electron chi connectivity index (χ3n) is 4.72. The summed E-state index contributed by atoms with van der Waals surface area (Å²) in [6.07, 6.45) is 3.49. The van der Waals surface area contributed by atoms with Gasteiger partial charge in [0.25, 0.3) is 5.56 Å². The van der Waals surface area contributed by atoms with Gasteiger partial charge < -0.3 is 15.6 Å². The second kappa shape index (κ2) is 5.90. The summed E-state index contributed by atoms with van der Waals surface area (Å²) >= 11 is 0. The first-order chi connectivity index (χ1) is 10.2. The quantitative estimate of drug-likeness (QED) is 0.910. The van der Waals surface area contributed by atoms with Crippen LogP contribution in [-0.4, -0.2) is 24.1 Å². The average molecular weight is 285 g/mol. The monoisotopic (exact) mass is 285 g/mol. The Labute approximate surface area is 125 Å². The fourth-order valence-electron chi connectivity index (χ4n) is 3.40. The SMILES string of the molecule is CCC1CCN(c2cc3ccccc3c(=O)[nH]2)C(CN)C1. The first-order valence-electron chi connectivity index (χ1n) is 7.81. The molecule has 2 aromatic rings. The highest BCUT2D eigenvalue weighted by Crippen LogP contribution is 2.28. The molecule has 2 heterocycles. The molecule has 1 aliphatic rings. The maximum atomic E-state index is 12.2. The van der Waals surface area contributed by atoms with Gasteiger partial charge in [-0.15, -0.1) is 0 Å². The molecular weight excluding hydrogens is 262 g/mol. The van der Waals surface area contributed by atoms with Crippen LogP contribution in [0.1, 0.15) is 26.2 Å². The summed E-state index contributed by atoms with van der Waals surface area (Å²) in [5.74, 6) is 1.66. The highest BCUT2D eigenvalue weighted by Gasteiger charge is 2.27. The van der Waals surface area contributed by atoms with E-state index in [0.29, 0.717) is 12.6 Å². The van der Waals surface area contributed by atoms with Crippen LogP contribution in [0.5, 0.6) is 0 Å². The number of nitrogens with zero attached hydrogens (tertiary/aromatic N) is 1. The molecule has 21 heavy (non-hydrogen) atoms. The Kier molecular flexibility index (Phi) is 3.97. The number of benzene rings is 1. The Bertz CT molecular complexity index is 679. The minimum Gasteiger partial charge on any atom is -0.354 e. The number of nitrogens with two attached hydrogens (primary N) is 1. The van der Waals surface area contributed by atoms with Crippen molar-refractivity contribution < 1.29 is 0 Å². The summed E-state index contributed by atoms with van der Waals surface area (Å²) in [6, 6.07) is 10.1. The van der Waals surface area contributed by atoms with Gasteiger partial charge in [0.15, 0.2) is 0 Å². The largest absolute Gasteiger partial charge is 0.354 e. The number of H-pyrrole nitrogens is 1. The van der Waals surface area contributed by atoms with Gasteiger partial charge in [-0.2, -0.15) is 0 Å². The number of hydrogen-bond acceptors (Lipinski definition) is 3. The predicted molar refractivity (Wildman–Crippen MR) is 87.8 cm³/mol. The van der Waals surface area contributed by atoms with Crippen molar-refractivity contribution in [1.82, 2.24) is 4.98 Å². The topological polar surface area (TPSA) is 62.1 Å². The molecule has 0 amide bonds. The van der Waals surface area contributed by atoms with Crippen LogP contribution in [0.3, 0.4) is 0 Å². The van der Waals surface area contributed by atoms with E-state index in [1.54, 1.807) is 0 Å². The smallest absolute Gasteiger partial charge is 0.257 e. The van der Waals surface area contributed by atoms with Gasteiger partial charge in [0.2, 0.25) is 0 Å². The molecule has 4 nitrogen and oxygen atoms in total. The highest BCUT2D eigenvalue weighted by atomic mass is 16.1. The lowest BCUT2D eigenvalue weighted by molar-refractivity contribution is 0.334. The number of aromatic amines is 1. The molecule has 4 heteroatoms. The Hall–Kier alpha value is -1.81. The van der Waals surface area contributed by atoms with E-state index in [2.05, 4.69) is 22.9 Å². The second-order valence-corrected chi connectivity index (χ2v) is 5.95. The number of pyridine rings is 1. The van der Waals surface area contributed by atoms with Crippen LogP contribution >= 0.6 is 0 Å². The number of fused-ring (bicyclic) bond motifs is 1. The van der Waals surface area contributed by atoms with Crippen molar-refractivity contribution in [2.45, 2.75) is 32.2 Å². The molecule has 1 aromatic carbocycles. The maximum absolute atomic E-state index is 12.2. The molecule has 3 N–H and O–H groups in total. The van der Waals surface area contributed by atoms with E-state index in [-0.39, 0.29) is 5.56 Å². The van der Waals surface area contributed by atoms with Gasteiger partial charge >= 0.3 is 0 Å². The summed E-state index contributed by atoms with van der Waals surface area (Å²) < 4.78 is 0. The molecule has 0 saturated carbocycles. The number of piperidine rings is 1. The first-order valence-corrected chi connectivity index (χ1v) is 7.81. The van der Waals surface area contributed by atoms with Gasteiger partial charge in [0.05, 0.1) is 0 Å². The zero-order chi connectivity index (χ0) is 14.8. The Morgan fingerprint density at radius 3 is 2.95 bits per heavy atom. The zero-order valence-corrected chi connectivity index (χ0v) is 12.5. The van der Waals surface area contributed by atoms with Gasteiger partial charge in [-0.05, 0) is 36.3 Å². The van der Waals surface area contributed by atoms with Crippen molar-refractivity contribution in [3.63, 3.8) is 0 Å². The van der Waals surface area contributed by atoms with Gasteiger partial charge in [-0.3, -0.25) is 4.79 Å². The van der Waals surface area contributed by atoms with E-state index in [1.807, 2.05) is 24.3 Å². The summed E-state index contributed by atoms with van der Waals surface area (Å²) in [5, 5.41) is 1.73. The van der Waals surface area contributed by atoms with Gasteiger partial charge in [-0.25, -0.2) is 0 Å². The van der Waals surface area contributed by atoms with Crippen LogP contribution in [0.25, 0.3) is 10.8 Å². The van der Waals surface area contributed by atoms with Crippen LogP contribution in [0, 0.1) is 5.92 Å². The highest BCUT2D eigenvalue weighted by molar-refractivity contribution is 5.83. The lowest BCUT2D eigenvalue weighted by Crippen LogP contribution is -2.47. The summed E-state index contributed by atoms with van der Waals surface area (Å²) in [4.78, 5) is 17.6. The molecule has 3 rings (SSSR count). The van der Waals surface area contributed by atoms with Crippen molar-refractivity contribution in [2.75, 3.05) is 18.0 Å². The van der Waals surface area contributed by atoms with Gasteiger partial charge in [-0.1, -0.05) is 31.5 Å². The minimum absolute atomic E-state index is 0.0171. The molecule has 0 spiro atoms. The van der Waals surface area contributed by atoms with Crippen LogP contribution < -0.4 is 16.2 Å². The van der Waals surface area contributed by atoms with E-state index in [4.69, 9.17) is 5.73 Å². The normalized spacial score (nSPS) is 22.7. The first kappa shape index (κ1) is 14.1. The molecule has 0 bridgehead atoms. The lowest BCUT2D eigenvalue weighted by Gasteiger charge is -2.40. The van der Waals surface area contributed by atoms with E-state index in [9.17, 15) is 4.79 Å². The number of hydrogen-bond donors (Lipinski definition) is 2. The van der Waals surface area contributed by atoms with Gasteiger partial charge in [0, 0.05) is 24.5 Å². The molecule has 1 fully saturated rings. The number of anilines is 1. The molecular formula is C17H23N3O. The molecule has 2 unspecified atom stereocenters. The number of nitrogens with one attached hydrogen (secondary N) is 1. The van der Waals surface area contributed by atoms with E-state index >= 15 is 0 Å². The van der Waals surface area contributed by atoms with E-state index < -0.39 is 0 Å². The van der Waals surface area contributed by atoms with Crippen molar-refractivity contribution in [3.05, 3.63) is 40.7 Å². The van der Waals surface area contributed by atoms with Gasteiger partial charge in [0.1, 0.15) is 5.82 Å². The molecule has 0 radical (unpaired) electrons. The predicted octanol–water partition coefficient (Wildman–Crippen LogP) is 2.48. The second-order valence-electron chi connectivity index (χ2n) is 5.95. The van der Waals surface area contributed by atoms with Crippen LogP contribution in [0.15, 0.2) is 35.1 Å². The fraction of sp³-hybridized carbons (Fsp3) is 0.471. The molecule has 1 aliphatic heterocycles. The number of aromatic nitrogens is 1. The molecule has 1 saturated heterocycles. The molecule has 1 aromatic heterocycles. The van der Waals surface area contributed by atoms with E-state index in [0.717, 1.165) is 35.5 Å². The van der Waals surface area contributed by atoms with Crippen molar-refractivity contribution in [2.24, 2.45) is 11.7 Å². The summed E-state index contributed by atoms with van der Waals surface area (Å²) in [6.45, 7) is 3.84. The standard InChI is InChI=1S/C17H23N3O/c1-2-12-7-8-20(14(9-12)11-18)16-10-13-5-3-4-6-15(13)17(21)19-16/h3-6,10,12,14H,2,7-9,11,18H2,1H3,(H,19,21). The van der Waals surface area contributed by atoms with Crippen LogP contribution in [0.2, 0.25) is 0 Å². The van der Waals surface area contributed by atoms with Crippen molar-refractivity contribution in [1.29, 1.82) is 0 Å². The Morgan fingerprint density at radius 1 is 1.38 bits per heavy atom. The zero-order valence-electron chi connectivity index (χ0n) is 12.5. The van der Waals surface area contributed by atoms with Crippen molar-refractivity contribution >= 4 is 16.6 Å². The maximum Gasteiger partial charge on any atom is 0.257 e. The Morgan fingerprint density at radius 2 is 2.19 bits per heavy atom.